The number of nitrogens with one attached hydrogen (secondary N) is 1. The first-order chi connectivity index (χ1) is 13.6. The van der Waals surface area contributed by atoms with Crippen LogP contribution < -0.4 is 10.2 Å². The molecule has 3 aromatic rings. The van der Waals surface area contributed by atoms with Crippen molar-refractivity contribution in [3.8, 4) is 0 Å². The molecule has 4 nitrogen and oxygen atoms in total. The minimum atomic E-state index is -0.212. The van der Waals surface area contributed by atoms with E-state index < -0.39 is 0 Å². The molecule has 1 aromatic heterocycles. The van der Waals surface area contributed by atoms with Gasteiger partial charge in [0.1, 0.15) is 0 Å². The predicted molar refractivity (Wildman–Crippen MR) is 116 cm³/mol. The largest absolute Gasteiger partial charge is 0.368 e. The van der Waals surface area contributed by atoms with Crippen molar-refractivity contribution in [1.82, 2.24) is 10.2 Å². The lowest BCUT2D eigenvalue weighted by Crippen LogP contribution is -2.44. The molecule has 1 aliphatic heterocycles. The maximum Gasteiger partial charge on any atom is 0.262 e. The molecular formula is C23H25N3OS. The Balaban J connectivity index is 1.36. The number of rotatable bonds is 4. The van der Waals surface area contributed by atoms with E-state index in [2.05, 4.69) is 76.1 Å². The van der Waals surface area contributed by atoms with Crippen LogP contribution in [0.3, 0.4) is 0 Å². The smallest absolute Gasteiger partial charge is 0.262 e. The van der Waals surface area contributed by atoms with E-state index in [9.17, 15) is 4.79 Å². The van der Waals surface area contributed by atoms with E-state index in [4.69, 9.17) is 0 Å². The van der Waals surface area contributed by atoms with Crippen LogP contribution >= 0.6 is 11.3 Å². The summed E-state index contributed by atoms with van der Waals surface area (Å²) in [6.45, 7) is 4.19. The molecule has 28 heavy (non-hydrogen) atoms. The highest BCUT2D eigenvalue weighted by molar-refractivity contribution is 7.12. The van der Waals surface area contributed by atoms with Gasteiger partial charge in [-0.3, -0.25) is 4.79 Å². The Morgan fingerprint density at radius 2 is 1.79 bits per heavy atom. The molecule has 5 heteroatoms. The van der Waals surface area contributed by atoms with Crippen molar-refractivity contribution in [3.05, 3.63) is 64.4 Å². The fourth-order valence-corrected chi connectivity index (χ4v) is 5.00. The lowest BCUT2D eigenvalue weighted by molar-refractivity contribution is 0.0935. The Morgan fingerprint density at radius 1 is 1.04 bits per heavy atom. The maximum absolute atomic E-state index is 13.0. The van der Waals surface area contributed by atoms with Gasteiger partial charge in [0.2, 0.25) is 0 Å². The lowest BCUT2D eigenvalue weighted by Gasteiger charge is -2.33. The summed E-state index contributed by atoms with van der Waals surface area (Å²) in [7, 11) is 2.16. The normalized spacial score (nSPS) is 19.0. The van der Waals surface area contributed by atoms with Gasteiger partial charge in [0.25, 0.3) is 5.91 Å². The SMILES string of the molecule is CN1CCN(c2csc(C(=O)NC3(c4cccc5ccccc45)CC3)c2)CC1. The molecule has 5 rings (SSSR count). The fraction of sp³-hybridized carbons (Fsp3) is 0.348. The molecule has 144 valence electrons. The summed E-state index contributed by atoms with van der Waals surface area (Å²) in [6.07, 6.45) is 2.01. The summed E-state index contributed by atoms with van der Waals surface area (Å²) >= 11 is 1.55. The highest BCUT2D eigenvalue weighted by Gasteiger charge is 2.46. The van der Waals surface area contributed by atoms with E-state index >= 15 is 0 Å². The van der Waals surface area contributed by atoms with Crippen LogP contribution in [0.2, 0.25) is 0 Å². The van der Waals surface area contributed by atoms with Gasteiger partial charge in [-0.2, -0.15) is 0 Å². The van der Waals surface area contributed by atoms with Gasteiger partial charge in [-0.25, -0.2) is 0 Å². The highest BCUT2D eigenvalue weighted by atomic mass is 32.1. The molecule has 1 saturated heterocycles. The monoisotopic (exact) mass is 391 g/mol. The summed E-state index contributed by atoms with van der Waals surface area (Å²) in [5, 5.41) is 7.96. The molecule has 2 aliphatic rings. The van der Waals surface area contributed by atoms with Crippen molar-refractivity contribution in [2.24, 2.45) is 0 Å². The molecule has 0 bridgehead atoms. The minimum absolute atomic E-state index is 0.0517. The number of hydrogen-bond donors (Lipinski definition) is 1. The molecule has 1 aliphatic carbocycles. The van der Waals surface area contributed by atoms with Crippen LogP contribution in [-0.4, -0.2) is 44.0 Å². The Hall–Kier alpha value is -2.37. The van der Waals surface area contributed by atoms with Crippen molar-refractivity contribution < 1.29 is 4.79 Å². The van der Waals surface area contributed by atoms with Gasteiger partial charge in [0, 0.05) is 37.2 Å². The lowest BCUT2D eigenvalue weighted by atomic mass is 9.97. The number of thiophene rings is 1. The zero-order chi connectivity index (χ0) is 19.1. The molecule has 2 aromatic carbocycles. The van der Waals surface area contributed by atoms with E-state index in [0.717, 1.165) is 43.9 Å². The van der Waals surface area contributed by atoms with Gasteiger partial charge in [0.05, 0.1) is 10.4 Å². The topological polar surface area (TPSA) is 35.6 Å². The molecule has 0 spiro atoms. The van der Waals surface area contributed by atoms with Gasteiger partial charge in [-0.1, -0.05) is 42.5 Å². The van der Waals surface area contributed by atoms with E-state index in [1.54, 1.807) is 11.3 Å². The number of carbonyl (C=O) groups excluding carboxylic acids is 1. The molecular weight excluding hydrogens is 366 g/mol. The summed E-state index contributed by atoms with van der Waals surface area (Å²) in [4.78, 5) is 18.6. The van der Waals surface area contributed by atoms with E-state index in [1.165, 1.54) is 22.0 Å². The second kappa shape index (κ2) is 6.90. The first-order valence-corrected chi connectivity index (χ1v) is 10.9. The van der Waals surface area contributed by atoms with Crippen molar-refractivity contribution >= 4 is 33.7 Å². The molecule has 0 atom stereocenters. The summed E-state index contributed by atoms with van der Waals surface area (Å²) < 4.78 is 0. The van der Waals surface area contributed by atoms with Crippen molar-refractivity contribution in [2.45, 2.75) is 18.4 Å². The first kappa shape index (κ1) is 17.7. The molecule has 2 fully saturated rings. The Bertz CT molecular complexity index is 1010. The van der Waals surface area contributed by atoms with Crippen LogP contribution in [0.5, 0.6) is 0 Å². The summed E-state index contributed by atoms with van der Waals surface area (Å²) in [5.41, 5.74) is 2.21. The van der Waals surface area contributed by atoms with Crippen molar-refractivity contribution in [1.29, 1.82) is 0 Å². The molecule has 1 amide bonds. The third-order valence-electron chi connectivity index (χ3n) is 6.09. The molecule has 2 heterocycles. The van der Waals surface area contributed by atoms with Crippen LogP contribution in [-0.2, 0) is 5.54 Å². The number of carbonyl (C=O) groups is 1. The quantitative estimate of drug-likeness (QED) is 0.728. The first-order valence-electron chi connectivity index (χ1n) is 9.97. The number of amides is 1. The minimum Gasteiger partial charge on any atom is -0.368 e. The van der Waals surface area contributed by atoms with Gasteiger partial charge >= 0.3 is 0 Å². The van der Waals surface area contributed by atoms with Crippen LogP contribution in [0.1, 0.15) is 28.1 Å². The van der Waals surface area contributed by atoms with Gasteiger partial charge in [0.15, 0.2) is 0 Å². The average Bonchev–Trinajstić information content (AvgIpc) is 3.32. The second-order valence-electron chi connectivity index (χ2n) is 8.02. The third kappa shape index (κ3) is 3.19. The van der Waals surface area contributed by atoms with Crippen LogP contribution in [0.15, 0.2) is 53.9 Å². The number of likely N-dealkylation sites (N-methyl/N-ethyl adjacent to an activating group) is 1. The van der Waals surface area contributed by atoms with Gasteiger partial charge in [-0.05, 0) is 42.3 Å². The number of benzene rings is 2. The van der Waals surface area contributed by atoms with E-state index in [-0.39, 0.29) is 11.4 Å². The van der Waals surface area contributed by atoms with Gasteiger partial charge < -0.3 is 15.1 Å². The number of fused-ring (bicyclic) bond motifs is 1. The fourth-order valence-electron chi connectivity index (χ4n) is 4.18. The van der Waals surface area contributed by atoms with Crippen LogP contribution in [0.25, 0.3) is 10.8 Å². The standard InChI is InChI=1S/C23H25N3OS/c1-25-11-13-26(14-12-25)18-15-21(28-16-18)22(27)24-23(9-10-23)20-8-4-6-17-5-2-3-7-19(17)20/h2-8,15-16H,9-14H2,1H3,(H,24,27). The summed E-state index contributed by atoms with van der Waals surface area (Å²) in [6, 6.07) is 16.9. The van der Waals surface area contributed by atoms with E-state index in [0.29, 0.717) is 0 Å². The Morgan fingerprint density at radius 3 is 2.57 bits per heavy atom. The zero-order valence-corrected chi connectivity index (χ0v) is 17.0. The molecule has 0 unspecified atom stereocenters. The van der Waals surface area contributed by atoms with Gasteiger partial charge in [-0.15, -0.1) is 11.3 Å². The van der Waals surface area contributed by atoms with Crippen molar-refractivity contribution in [2.75, 3.05) is 38.1 Å². The van der Waals surface area contributed by atoms with E-state index in [1.807, 2.05) is 0 Å². The predicted octanol–water partition coefficient (Wildman–Crippen LogP) is 4.07. The third-order valence-corrected chi connectivity index (χ3v) is 7.00. The average molecular weight is 392 g/mol. The molecule has 0 radical (unpaired) electrons. The number of hydrogen-bond acceptors (Lipinski definition) is 4. The maximum atomic E-state index is 13.0. The number of nitrogens with zero attached hydrogens (tertiary/aromatic N) is 2. The molecule has 1 saturated carbocycles. The molecule has 1 N–H and O–H groups in total. The Labute approximate surface area is 169 Å². The highest BCUT2D eigenvalue weighted by Crippen LogP contribution is 2.48. The number of anilines is 1. The second-order valence-corrected chi connectivity index (χ2v) is 8.93. The van der Waals surface area contributed by atoms with Crippen LogP contribution in [0, 0.1) is 0 Å². The summed E-state index contributed by atoms with van der Waals surface area (Å²) in [5.74, 6) is 0.0517. The number of piperazine rings is 1. The zero-order valence-electron chi connectivity index (χ0n) is 16.1. The van der Waals surface area contributed by atoms with Crippen molar-refractivity contribution in [3.63, 3.8) is 0 Å². The van der Waals surface area contributed by atoms with Crippen LogP contribution in [0.4, 0.5) is 5.69 Å². The Kier molecular flexibility index (Phi) is 4.37.